The van der Waals surface area contributed by atoms with Crippen LogP contribution in [0, 0.1) is 5.41 Å². The molecule has 0 radical (unpaired) electrons. The first kappa shape index (κ1) is 14.4. The van der Waals surface area contributed by atoms with Crippen LogP contribution in [0.3, 0.4) is 0 Å². The third-order valence-electron chi connectivity index (χ3n) is 2.30. The summed E-state index contributed by atoms with van der Waals surface area (Å²) >= 11 is 4.92. The SMILES string of the molecule is COc1ccc(SCC(C)(C)C(=O)O)cc1Br. The van der Waals surface area contributed by atoms with Gasteiger partial charge in [-0.3, -0.25) is 4.79 Å². The van der Waals surface area contributed by atoms with Crippen LogP contribution in [-0.4, -0.2) is 23.9 Å². The molecule has 0 atom stereocenters. The molecule has 1 rings (SSSR count). The van der Waals surface area contributed by atoms with E-state index in [0.717, 1.165) is 15.1 Å². The van der Waals surface area contributed by atoms with Gasteiger partial charge in [-0.15, -0.1) is 11.8 Å². The number of thioether (sulfide) groups is 1. The summed E-state index contributed by atoms with van der Waals surface area (Å²) in [6.45, 7) is 3.45. The van der Waals surface area contributed by atoms with E-state index in [-0.39, 0.29) is 0 Å². The van der Waals surface area contributed by atoms with Gasteiger partial charge in [0.05, 0.1) is 17.0 Å². The van der Waals surface area contributed by atoms with Gasteiger partial charge in [-0.05, 0) is 48.0 Å². The number of hydrogen-bond acceptors (Lipinski definition) is 3. The summed E-state index contributed by atoms with van der Waals surface area (Å²) in [5.41, 5.74) is -0.725. The summed E-state index contributed by atoms with van der Waals surface area (Å²) in [6, 6.07) is 5.72. The van der Waals surface area contributed by atoms with E-state index in [0.29, 0.717) is 5.75 Å². The highest BCUT2D eigenvalue weighted by atomic mass is 79.9. The smallest absolute Gasteiger partial charge is 0.309 e. The number of carboxylic acids is 1. The largest absolute Gasteiger partial charge is 0.496 e. The summed E-state index contributed by atoms with van der Waals surface area (Å²) < 4.78 is 6.01. The van der Waals surface area contributed by atoms with E-state index in [9.17, 15) is 4.79 Å². The van der Waals surface area contributed by atoms with E-state index in [2.05, 4.69) is 15.9 Å². The van der Waals surface area contributed by atoms with Gasteiger partial charge in [0.25, 0.3) is 0 Å². The number of halogens is 1. The number of benzene rings is 1. The quantitative estimate of drug-likeness (QED) is 0.841. The van der Waals surface area contributed by atoms with Gasteiger partial charge in [0, 0.05) is 10.6 Å². The Morgan fingerprint density at radius 1 is 1.53 bits per heavy atom. The Morgan fingerprint density at radius 3 is 2.65 bits per heavy atom. The van der Waals surface area contributed by atoms with Crippen molar-refractivity contribution in [2.75, 3.05) is 12.9 Å². The second-order valence-electron chi connectivity index (χ2n) is 4.27. The molecule has 0 saturated heterocycles. The number of carbonyl (C=O) groups is 1. The molecule has 1 aromatic carbocycles. The monoisotopic (exact) mass is 318 g/mol. The van der Waals surface area contributed by atoms with E-state index in [1.54, 1.807) is 21.0 Å². The van der Waals surface area contributed by atoms with Crippen molar-refractivity contribution in [3.05, 3.63) is 22.7 Å². The minimum absolute atomic E-state index is 0.529. The van der Waals surface area contributed by atoms with Crippen molar-refractivity contribution in [1.29, 1.82) is 0 Å². The van der Waals surface area contributed by atoms with E-state index >= 15 is 0 Å². The van der Waals surface area contributed by atoms with Crippen molar-refractivity contribution < 1.29 is 14.6 Å². The second-order valence-corrected chi connectivity index (χ2v) is 6.18. The van der Waals surface area contributed by atoms with Crippen molar-refractivity contribution in [2.24, 2.45) is 5.41 Å². The molecular weight excluding hydrogens is 304 g/mol. The van der Waals surface area contributed by atoms with Crippen molar-refractivity contribution in [1.82, 2.24) is 0 Å². The molecule has 0 spiro atoms. The summed E-state index contributed by atoms with van der Waals surface area (Å²) in [4.78, 5) is 12.0. The molecule has 0 unspecified atom stereocenters. The Balaban J connectivity index is 2.71. The van der Waals surface area contributed by atoms with Gasteiger partial charge in [-0.1, -0.05) is 0 Å². The molecule has 0 aliphatic rings. The van der Waals surface area contributed by atoms with Crippen LogP contribution in [0.25, 0.3) is 0 Å². The molecule has 94 valence electrons. The van der Waals surface area contributed by atoms with Crippen molar-refractivity contribution in [3.8, 4) is 5.75 Å². The normalized spacial score (nSPS) is 11.3. The minimum Gasteiger partial charge on any atom is -0.496 e. The fourth-order valence-electron chi connectivity index (χ4n) is 1.06. The molecule has 0 aliphatic heterocycles. The maximum atomic E-state index is 11.0. The molecule has 17 heavy (non-hydrogen) atoms. The average Bonchev–Trinajstić information content (AvgIpc) is 2.26. The fourth-order valence-corrected chi connectivity index (χ4v) is 2.77. The maximum absolute atomic E-state index is 11.0. The first-order chi connectivity index (χ1) is 7.86. The van der Waals surface area contributed by atoms with Crippen LogP contribution < -0.4 is 4.74 Å². The Labute approximate surface area is 114 Å². The maximum Gasteiger partial charge on any atom is 0.309 e. The van der Waals surface area contributed by atoms with Gasteiger partial charge in [0.15, 0.2) is 0 Å². The summed E-state index contributed by atoms with van der Waals surface area (Å²) in [7, 11) is 1.61. The average molecular weight is 319 g/mol. The highest BCUT2D eigenvalue weighted by Gasteiger charge is 2.27. The predicted molar refractivity (Wildman–Crippen MR) is 72.8 cm³/mol. The Morgan fingerprint density at radius 2 is 2.18 bits per heavy atom. The molecule has 5 heteroatoms. The molecule has 1 aromatic rings. The van der Waals surface area contributed by atoms with Crippen molar-refractivity contribution in [3.63, 3.8) is 0 Å². The van der Waals surface area contributed by atoms with Crippen LogP contribution in [0.2, 0.25) is 0 Å². The third-order valence-corrected chi connectivity index (χ3v) is 4.37. The highest BCUT2D eigenvalue weighted by Crippen LogP contribution is 2.33. The Bertz CT molecular complexity index is 418. The Kier molecular flexibility index (Phi) is 4.89. The lowest BCUT2D eigenvalue weighted by Crippen LogP contribution is -2.26. The molecule has 1 N–H and O–H groups in total. The molecule has 0 bridgehead atoms. The minimum atomic E-state index is -0.780. The van der Waals surface area contributed by atoms with Crippen LogP contribution >= 0.6 is 27.7 Å². The molecule has 0 fully saturated rings. The first-order valence-corrected chi connectivity index (χ1v) is 6.84. The molecule has 0 heterocycles. The lowest BCUT2D eigenvalue weighted by atomic mass is 9.97. The molecule has 3 nitrogen and oxygen atoms in total. The zero-order chi connectivity index (χ0) is 13.1. The molecule has 0 aromatic heterocycles. The van der Waals surface area contributed by atoms with Crippen LogP contribution in [0.15, 0.2) is 27.6 Å². The number of aliphatic carboxylic acids is 1. The number of rotatable bonds is 5. The number of ether oxygens (including phenoxy) is 1. The number of methoxy groups -OCH3 is 1. The van der Waals surface area contributed by atoms with Crippen molar-refractivity contribution in [2.45, 2.75) is 18.7 Å². The summed E-state index contributed by atoms with van der Waals surface area (Å²) in [5.74, 6) is 0.519. The van der Waals surface area contributed by atoms with Crippen LogP contribution in [0.5, 0.6) is 5.75 Å². The fraction of sp³-hybridized carbons (Fsp3) is 0.417. The zero-order valence-corrected chi connectivity index (χ0v) is 12.4. The van der Waals surface area contributed by atoms with Gasteiger partial charge in [0.2, 0.25) is 0 Å². The summed E-state index contributed by atoms with van der Waals surface area (Å²) in [5, 5.41) is 9.01. The molecule has 0 aliphatic carbocycles. The van der Waals surface area contributed by atoms with Gasteiger partial charge in [-0.25, -0.2) is 0 Å². The second kappa shape index (κ2) is 5.78. The first-order valence-electron chi connectivity index (χ1n) is 5.06. The van der Waals surface area contributed by atoms with Gasteiger partial charge in [0.1, 0.15) is 5.75 Å². The van der Waals surface area contributed by atoms with Crippen molar-refractivity contribution >= 4 is 33.7 Å². The molecular formula is C12H15BrO3S. The van der Waals surface area contributed by atoms with E-state index < -0.39 is 11.4 Å². The Hall–Kier alpha value is -0.680. The lowest BCUT2D eigenvalue weighted by Gasteiger charge is -2.18. The van der Waals surface area contributed by atoms with Gasteiger partial charge < -0.3 is 9.84 Å². The third kappa shape index (κ3) is 3.92. The topological polar surface area (TPSA) is 46.5 Å². The van der Waals surface area contributed by atoms with E-state index in [4.69, 9.17) is 9.84 Å². The summed E-state index contributed by atoms with van der Waals surface area (Å²) in [6.07, 6.45) is 0. The predicted octanol–water partition coefficient (Wildman–Crippen LogP) is 3.66. The standard InChI is InChI=1S/C12H15BrO3S/c1-12(2,11(14)15)7-17-8-4-5-10(16-3)9(13)6-8/h4-6H,7H2,1-3H3,(H,14,15). The zero-order valence-electron chi connectivity index (χ0n) is 9.99. The molecule has 0 amide bonds. The van der Waals surface area contributed by atoms with Gasteiger partial charge >= 0.3 is 5.97 Å². The van der Waals surface area contributed by atoms with Crippen LogP contribution in [-0.2, 0) is 4.79 Å². The lowest BCUT2D eigenvalue weighted by molar-refractivity contribution is -0.145. The van der Waals surface area contributed by atoms with Crippen LogP contribution in [0.4, 0.5) is 0 Å². The number of carboxylic acid groups (broad SMARTS) is 1. The van der Waals surface area contributed by atoms with E-state index in [1.807, 2.05) is 18.2 Å². The van der Waals surface area contributed by atoms with E-state index in [1.165, 1.54) is 11.8 Å². The van der Waals surface area contributed by atoms with Gasteiger partial charge in [-0.2, -0.15) is 0 Å². The highest BCUT2D eigenvalue weighted by molar-refractivity contribution is 9.10. The molecule has 0 saturated carbocycles. The number of hydrogen-bond donors (Lipinski definition) is 1. The van der Waals surface area contributed by atoms with Crippen LogP contribution in [0.1, 0.15) is 13.8 Å².